The maximum atomic E-state index is 3.86. The summed E-state index contributed by atoms with van der Waals surface area (Å²) in [6.45, 7) is 5.81. The van der Waals surface area contributed by atoms with Crippen LogP contribution in [0, 0.1) is 5.92 Å². The molecule has 1 N–H and O–H groups in total. The first-order valence-electron chi connectivity index (χ1n) is 6.56. The molecular formula is C13H28N2S. The Bertz CT molecular complexity index is 167. The van der Waals surface area contributed by atoms with Crippen LogP contribution >= 0.6 is 11.8 Å². The van der Waals surface area contributed by atoms with E-state index in [2.05, 4.69) is 49.9 Å². The summed E-state index contributed by atoms with van der Waals surface area (Å²) in [6.07, 6.45) is 4.00. The molecule has 0 aromatic heterocycles. The van der Waals surface area contributed by atoms with Gasteiger partial charge in [-0.2, -0.15) is 11.8 Å². The number of hydrogen-bond acceptors (Lipinski definition) is 3. The van der Waals surface area contributed by atoms with Gasteiger partial charge in [0.2, 0.25) is 0 Å². The van der Waals surface area contributed by atoms with Crippen LogP contribution in [-0.4, -0.2) is 49.1 Å². The van der Waals surface area contributed by atoms with Crippen molar-refractivity contribution in [1.82, 2.24) is 10.2 Å². The first-order chi connectivity index (χ1) is 7.58. The van der Waals surface area contributed by atoms with E-state index >= 15 is 0 Å². The Labute approximate surface area is 106 Å². The number of thioether (sulfide) groups is 1. The summed E-state index contributed by atoms with van der Waals surface area (Å²) in [6, 6.07) is 1.44. The van der Waals surface area contributed by atoms with Crippen LogP contribution in [0.5, 0.6) is 0 Å². The maximum Gasteiger partial charge on any atom is 0.0199 e. The van der Waals surface area contributed by atoms with Crippen molar-refractivity contribution in [3.05, 3.63) is 0 Å². The summed E-state index contributed by atoms with van der Waals surface area (Å²) in [5.41, 5.74) is 0. The zero-order chi connectivity index (χ0) is 12.0. The summed E-state index contributed by atoms with van der Waals surface area (Å²) in [5.74, 6) is 3.47. The SMILES string of the molecule is CC(C)CC(CN(C)C)NC1CCSCC1. The van der Waals surface area contributed by atoms with E-state index in [1.54, 1.807) is 0 Å². The van der Waals surface area contributed by atoms with Crippen LogP contribution in [-0.2, 0) is 0 Å². The molecule has 1 fully saturated rings. The molecule has 0 saturated carbocycles. The molecule has 0 aromatic rings. The number of rotatable bonds is 6. The average Bonchev–Trinajstić information content (AvgIpc) is 2.16. The molecule has 0 amide bonds. The van der Waals surface area contributed by atoms with Crippen molar-refractivity contribution in [2.45, 2.75) is 45.2 Å². The zero-order valence-electron chi connectivity index (χ0n) is 11.3. The predicted molar refractivity (Wildman–Crippen MR) is 75.3 cm³/mol. The number of nitrogens with zero attached hydrogens (tertiary/aromatic N) is 1. The predicted octanol–water partition coefficient (Wildman–Crippen LogP) is 2.45. The van der Waals surface area contributed by atoms with Crippen LogP contribution in [0.1, 0.15) is 33.1 Å². The van der Waals surface area contributed by atoms with Gasteiger partial charge in [0, 0.05) is 18.6 Å². The average molecular weight is 244 g/mol. The molecule has 0 bridgehead atoms. The molecule has 0 radical (unpaired) electrons. The van der Waals surface area contributed by atoms with Crippen molar-refractivity contribution >= 4 is 11.8 Å². The highest BCUT2D eigenvalue weighted by molar-refractivity contribution is 7.99. The highest BCUT2D eigenvalue weighted by atomic mass is 32.2. The monoisotopic (exact) mass is 244 g/mol. The van der Waals surface area contributed by atoms with Crippen LogP contribution in [0.15, 0.2) is 0 Å². The lowest BCUT2D eigenvalue weighted by atomic mass is 10.0. The molecule has 16 heavy (non-hydrogen) atoms. The Morgan fingerprint density at radius 3 is 2.38 bits per heavy atom. The molecule has 0 aliphatic carbocycles. The summed E-state index contributed by atoms with van der Waals surface area (Å²) >= 11 is 2.10. The molecule has 1 atom stereocenters. The largest absolute Gasteiger partial charge is 0.310 e. The molecule has 1 aliphatic rings. The summed E-state index contributed by atoms with van der Waals surface area (Å²) in [7, 11) is 4.34. The summed E-state index contributed by atoms with van der Waals surface area (Å²) < 4.78 is 0. The zero-order valence-corrected chi connectivity index (χ0v) is 12.1. The molecule has 1 saturated heterocycles. The van der Waals surface area contributed by atoms with Gasteiger partial charge in [0.1, 0.15) is 0 Å². The first kappa shape index (κ1) is 14.3. The summed E-state index contributed by atoms with van der Waals surface area (Å²) in [5, 5.41) is 3.86. The minimum Gasteiger partial charge on any atom is -0.310 e. The molecule has 0 aromatic carbocycles. The van der Waals surface area contributed by atoms with Gasteiger partial charge < -0.3 is 10.2 Å². The third kappa shape index (κ3) is 6.12. The van der Waals surface area contributed by atoms with Crippen molar-refractivity contribution in [2.24, 2.45) is 5.92 Å². The minimum absolute atomic E-state index is 0.670. The molecule has 1 unspecified atom stereocenters. The van der Waals surface area contributed by atoms with E-state index in [1.807, 2.05) is 0 Å². The van der Waals surface area contributed by atoms with Crippen molar-refractivity contribution in [2.75, 3.05) is 32.1 Å². The fourth-order valence-electron chi connectivity index (χ4n) is 2.40. The molecular weight excluding hydrogens is 216 g/mol. The quantitative estimate of drug-likeness (QED) is 0.772. The molecule has 0 spiro atoms. The number of hydrogen-bond donors (Lipinski definition) is 1. The standard InChI is InChI=1S/C13H28N2S/c1-11(2)9-13(10-15(3)4)14-12-5-7-16-8-6-12/h11-14H,5-10H2,1-4H3. The van der Waals surface area contributed by atoms with Crippen LogP contribution < -0.4 is 5.32 Å². The van der Waals surface area contributed by atoms with Crippen LogP contribution in [0.25, 0.3) is 0 Å². The smallest absolute Gasteiger partial charge is 0.0199 e. The second kappa shape index (κ2) is 7.57. The van der Waals surface area contributed by atoms with Crippen molar-refractivity contribution in [1.29, 1.82) is 0 Å². The first-order valence-corrected chi connectivity index (χ1v) is 7.72. The van der Waals surface area contributed by atoms with E-state index in [1.165, 1.54) is 37.3 Å². The third-order valence-corrected chi connectivity index (χ3v) is 4.08. The molecule has 96 valence electrons. The fraction of sp³-hybridized carbons (Fsp3) is 1.00. The van der Waals surface area contributed by atoms with Gasteiger partial charge in [-0.1, -0.05) is 13.8 Å². The lowest BCUT2D eigenvalue weighted by Gasteiger charge is -2.31. The van der Waals surface area contributed by atoms with E-state index < -0.39 is 0 Å². The van der Waals surface area contributed by atoms with Crippen LogP contribution in [0.2, 0.25) is 0 Å². The van der Waals surface area contributed by atoms with Gasteiger partial charge in [-0.15, -0.1) is 0 Å². The normalized spacial score (nSPS) is 20.6. The highest BCUT2D eigenvalue weighted by Gasteiger charge is 2.19. The lowest BCUT2D eigenvalue weighted by Crippen LogP contribution is -2.45. The topological polar surface area (TPSA) is 15.3 Å². The summed E-state index contributed by atoms with van der Waals surface area (Å²) in [4.78, 5) is 2.30. The van der Waals surface area contributed by atoms with Gasteiger partial charge in [0.25, 0.3) is 0 Å². The van der Waals surface area contributed by atoms with E-state index in [0.29, 0.717) is 6.04 Å². The van der Waals surface area contributed by atoms with Crippen molar-refractivity contribution in [3.8, 4) is 0 Å². The number of nitrogens with one attached hydrogen (secondary N) is 1. The number of likely N-dealkylation sites (N-methyl/N-ethyl adjacent to an activating group) is 1. The Kier molecular flexibility index (Phi) is 6.78. The van der Waals surface area contributed by atoms with E-state index in [0.717, 1.165) is 12.0 Å². The van der Waals surface area contributed by atoms with Gasteiger partial charge >= 0.3 is 0 Å². The Morgan fingerprint density at radius 2 is 1.88 bits per heavy atom. The second-order valence-electron chi connectivity index (χ2n) is 5.64. The van der Waals surface area contributed by atoms with Gasteiger partial charge in [-0.25, -0.2) is 0 Å². The molecule has 3 heteroatoms. The maximum absolute atomic E-state index is 3.86. The van der Waals surface area contributed by atoms with Crippen molar-refractivity contribution in [3.63, 3.8) is 0 Å². The molecule has 1 aliphatic heterocycles. The Morgan fingerprint density at radius 1 is 1.25 bits per heavy atom. The molecule has 1 rings (SSSR count). The molecule has 2 nitrogen and oxygen atoms in total. The van der Waals surface area contributed by atoms with Gasteiger partial charge in [-0.05, 0) is 50.8 Å². The van der Waals surface area contributed by atoms with Crippen LogP contribution in [0.4, 0.5) is 0 Å². The highest BCUT2D eigenvalue weighted by Crippen LogP contribution is 2.18. The van der Waals surface area contributed by atoms with E-state index in [-0.39, 0.29) is 0 Å². The van der Waals surface area contributed by atoms with Gasteiger partial charge in [-0.3, -0.25) is 0 Å². The van der Waals surface area contributed by atoms with Gasteiger partial charge in [0.05, 0.1) is 0 Å². The van der Waals surface area contributed by atoms with E-state index in [4.69, 9.17) is 0 Å². The third-order valence-electron chi connectivity index (χ3n) is 3.03. The van der Waals surface area contributed by atoms with Crippen LogP contribution in [0.3, 0.4) is 0 Å². The minimum atomic E-state index is 0.670. The fourth-order valence-corrected chi connectivity index (χ4v) is 3.51. The van der Waals surface area contributed by atoms with Gasteiger partial charge in [0.15, 0.2) is 0 Å². The Hall–Kier alpha value is 0.270. The van der Waals surface area contributed by atoms with Crippen molar-refractivity contribution < 1.29 is 0 Å². The van der Waals surface area contributed by atoms with E-state index in [9.17, 15) is 0 Å². The lowest BCUT2D eigenvalue weighted by molar-refractivity contribution is 0.280. The molecule has 1 heterocycles. The Balaban J connectivity index is 2.35. The second-order valence-corrected chi connectivity index (χ2v) is 6.87.